The third kappa shape index (κ3) is 4.51. The van der Waals surface area contributed by atoms with Gasteiger partial charge in [-0.15, -0.1) is 5.10 Å². The molecule has 34 heavy (non-hydrogen) atoms. The van der Waals surface area contributed by atoms with Gasteiger partial charge in [0.05, 0.1) is 22.9 Å². The van der Waals surface area contributed by atoms with Crippen LogP contribution in [0.2, 0.25) is 0 Å². The number of hydrogen-bond acceptors (Lipinski definition) is 8. The molecule has 2 aromatic heterocycles. The number of rotatable bonds is 6. The molecular weight excluding hydrogens is 436 g/mol. The molecular formula is C25H30N4O5. The number of aliphatic hydroxyl groups is 2. The summed E-state index contributed by atoms with van der Waals surface area (Å²) in [4.78, 5) is 19.2. The molecule has 0 unspecified atom stereocenters. The van der Waals surface area contributed by atoms with Gasteiger partial charge in [-0.1, -0.05) is 18.2 Å². The number of carbonyl (C=O) groups is 1. The summed E-state index contributed by atoms with van der Waals surface area (Å²) < 4.78 is 13.0. The van der Waals surface area contributed by atoms with Crippen LogP contribution >= 0.6 is 0 Å². The fourth-order valence-electron chi connectivity index (χ4n) is 4.73. The molecule has 0 radical (unpaired) electrons. The predicted molar refractivity (Wildman–Crippen MR) is 125 cm³/mol. The Morgan fingerprint density at radius 2 is 1.79 bits per heavy atom. The fourth-order valence-corrected chi connectivity index (χ4v) is 4.73. The molecule has 2 saturated heterocycles. The maximum atomic E-state index is 12.2. The van der Waals surface area contributed by atoms with E-state index in [0.29, 0.717) is 11.4 Å². The second-order valence-electron chi connectivity index (χ2n) is 9.01. The normalized spacial score (nSPS) is 25.1. The van der Waals surface area contributed by atoms with Crippen molar-refractivity contribution in [3.8, 4) is 0 Å². The van der Waals surface area contributed by atoms with Crippen molar-refractivity contribution in [1.29, 1.82) is 0 Å². The molecule has 2 aliphatic rings. The van der Waals surface area contributed by atoms with Crippen LogP contribution in [0.15, 0.2) is 42.5 Å². The van der Waals surface area contributed by atoms with Gasteiger partial charge in [0.2, 0.25) is 0 Å². The summed E-state index contributed by atoms with van der Waals surface area (Å²) in [6.45, 7) is 3.75. The highest BCUT2D eigenvalue weighted by atomic mass is 16.6. The molecule has 0 spiro atoms. The Kier molecular flexibility index (Phi) is 6.49. The number of anilines is 1. The highest BCUT2D eigenvalue weighted by molar-refractivity contribution is 5.89. The number of aryl methyl sites for hydroxylation is 1. The molecule has 0 bridgehead atoms. The lowest BCUT2D eigenvalue weighted by atomic mass is 10.1. The Balaban J connectivity index is 1.28. The molecule has 1 aromatic carbocycles. The molecule has 3 aromatic rings. The second kappa shape index (κ2) is 9.69. The Bertz CT molecular complexity index is 1140. The Labute approximate surface area is 197 Å². The van der Waals surface area contributed by atoms with Crippen LogP contribution in [0.3, 0.4) is 0 Å². The van der Waals surface area contributed by atoms with E-state index >= 15 is 0 Å². The summed E-state index contributed by atoms with van der Waals surface area (Å²) in [5.74, 6) is 1.06. The van der Waals surface area contributed by atoms with E-state index in [0.717, 1.165) is 43.0 Å². The van der Waals surface area contributed by atoms with E-state index in [1.807, 2.05) is 29.6 Å². The van der Waals surface area contributed by atoms with Crippen LogP contribution < -0.4 is 4.90 Å². The Morgan fingerprint density at radius 3 is 2.56 bits per heavy atom. The zero-order chi connectivity index (χ0) is 23.7. The minimum absolute atomic E-state index is 0.152. The summed E-state index contributed by atoms with van der Waals surface area (Å²) in [5, 5.41) is 26.0. The molecule has 9 heteroatoms. The molecule has 4 atom stereocenters. The number of aliphatic hydroxyl groups excluding tert-OH is 2. The average Bonchev–Trinajstić information content (AvgIpc) is 3.33. The lowest BCUT2D eigenvalue weighted by molar-refractivity contribution is -0.0336. The smallest absolute Gasteiger partial charge is 0.338 e. The molecule has 180 valence electrons. The number of hydrogen-bond donors (Lipinski definition) is 2. The van der Waals surface area contributed by atoms with E-state index in [1.54, 1.807) is 24.3 Å². The van der Waals surface area contributed by atoms with Gasteiger partial charge in [-0.25, -0.2) is 14.3 Å². The minimum atomic E-state index is -1.17. The number of benzene rings is 1. The van der Waals surface area contributed by atoms with Crippen LogP contribution in [0.4, 0.5) is 5.82 Å². The first-order valence-corrected chi connectivity index (χ1v) is 11.9. The number of carbonyl (C=O) groups excluding carboxylic acids is 1. The summed E-state index contributed by atoms with van der Waals surface area (Å²) in [5.41, 5.74) is 2.16. The summed E-state index contributed by atoms with van der Waals surface area (Å²) in [6, 6.07) is 12.7. The van der Waals surface area contributed by atoms with E-state index in [2.05, 4.69) is 9.88 Å². The zero-order valence-corrected chi connectivity index (χ0v) is 19.2. The van der Waals surface area contributed by atoms with Crippen LogP contribution in [-0.4, -0.2) is 74.9 Å². The van der Waals surface area contributed by atoms with E-state index < -0.39 is 30.4 Å². The first-order chi connectivity index (χ1) is 16.5. The molecule has 5 rings (SSSR count). The van der Waals surface area contributed by atoms with Gasteiger partial charge in [0.1, 0.15) is 36.6 Å². The standard InChI is InChI=1S/C25H30N4O5/c1-16-18-10-11-21(28-12-6-3-7-13-28)27-29(18)22(26-16)14-19-23(30)24(31)20(34-19)15-33-25(32)17-8-4-2-5-9-17/h2,4-5,8-11,19-20,23-24,30-31H,3,6-7,12-15H2,1H3/t19-,20+,23-,24+/m0/s1. The third-order valence-corrected chi connectivity index (χ3v) is 6.65. The van der Waals surface area contributed by atoms with Crippen LogP contribution in [-0.2, 0) is 15.9 Å². The van der Waals surface area contributed by atoms with Crippen LogP contribution in [0.1, 0.15) is 41.1 Å². The van der Waals surface area contributed by atoms with Crippen LogP contribution in [0, 0.1) is 6.92 Å². The first-order valence-electron chi connectivity index (χ1n) is 11.9. The maximum absolute atomic E-state index is 12.2. The number of nitrogens with zero attached hydrogens (tertiary/aromatic N) is 4. The summed E-state index contributed by atoms with van der Waals surface area (Å²) >= 11 is 0. The van der Waals surface area contributed by atoms with E-state index in [-0.39, 0.29) is 13.0 Å². The van der Waals surface area contributed by atoms with Gasteiger partial charge >= 0.3 is 5.97 Å². The van der Waals surface area contributed by atoms with Crippen molar-refractivity contribution < 1.29 is 24.5 Å². The van der Waals surface area contributed by atoms with Gasteiger partial charge in [-0.05, 0) is 50.5 Å². The van der Waals surface area contributed by atoms with Crippen molar-refractivity contribution in [1.82, 2.24) is 14.6 Å². The number of piperidine rings is 1. The van der Waals surface area contributed by atoms with E-state index in [4.69, 9.17) is 14.6 Å². The number of fused-ring (bicyclic) bond motifs is 1. The van der Waals surface area contributed by atoms with Gasteiger partial charge in [0.15, 0.2) is 0 Å². The molecule has 9 nitrogen and oxygen atoms in total. The second-order valence-corrected chi connectivity index (χ2v) is 9.01. The molecule has 2 fully saturated rings. The first kappa shape index (κ1) is 22.8. The lowest BCUT2D eigenvalue weighted by Crippen LogP contribution is -2.35. The largest absolute Gasteiger partial charge is 0.459 e. The van der Waals surface area contributed by atoms with E-state index in [9.17, 15) is 15.0 Å². The predicted octanol–water partition coefficient (Wildman–Crippen LogP) is 1.92. The lowest BCUT2D eigenvalue weighted by Gasteiger charge is -2.27. The van der Waals surface area contributed by atoms with Crippen molar-refractivity contribution >= 4 is 17.3 Å². The highest BCUT2D eigenvalue weighted by Crippen LogP contribution is 2.26. The minimum Gasteiger partial charge on any atom is -0.459 e. The van der Waals surface area contributed by atoms with Crippen molar-refractivity contribution in [3.05, 3.63) is 59.5 Å². The number of ether oxygens (including phenoxy) is 2. The van der Waals surface area contributed by atoms with Crippen LogP contribution in [0.25, 0.3) is 5.52 Å². The monoisotopic (exact) mass is 466 g/mol. The van der Waals surface area contributed by atoms with Crippen molar-refractivity contribution in [2.45, 2.75) is 57.0 Å². The zero-order valence-electron chi connectivity index (χ0n) is 19.2. The summed E-state index contributed by atoms with van der Waals surface area (Å²) in [7, 11) is 0. The third-order valence-electron chi connectivity index (χ3n) is 6.65. The molecule has 0 aliphatic carbocycles. The fraction of sp³-hybridized carbons (Fsp3) is 0.480. The molecule has 0 amide bonds. The Morgan fingerprint density at radius 1 is 1.06 bits per heavy atom. The van der Waals surface area contributed by atoms with Gasteiger partial charge in [0.25, 0.3) is 0 Å². The topological polar surface area (TPSA) is 109 Å². The van der Waals surface area contributed by atoms with Crippen molar-refractivity contribution in [2.24, 2.45) is 0 Å². The average molecular weight is 467 g/mol. The number of esters is 1. The van der Waals surface area contributed by atoms with Gasteiger partial charge in [0, 0.05) is 19.5 Å². The molecule has 4 heterocycles. The van der Waals surface area contributed by atoms with Crippen molar-refractivity contribution in [3.63, 3.8) is 0 Å². The van der Waals surface area contributed by atoms with Crippen molar-refractivity contribution in [2.75, 3.05) is 24.6 Å². The number of imidazole rings is 1. The van der Waals surface area contributed by atoms with Crippen LogP contribution in [0.5, 0.6) is 0 Å². The molecule has 0 saturated carbocycles. The summed E-state index contributed by atoms with van der Waals surface area (Å²) in [6.07, 6.45) is 0.0217. The highest BCUT2D eigenvalue weighted by Gasteiger charge is 2.43. The van der Waals surface area contributed by atoms with Gasteiger partial charge < -0.3 is 24.6 Å². The van der Waals surface area contributed by atoms with E-state index in [1.165, 1.54) is 6.42 Å². The van der Waals surface area contributed by atoms with Gasteiger partial charge in [-0.2, -0.15) is 0 Å². The maximum Gasteiger partial charge on any atom is 0.338 e. The molecule has 2 aliphatic heterocycles. The van der Waals surface area contributed by atoms with Gasteiger partial charge in [-0.3, -0.25) is 0 Å². The Hall–Kier alpha value is -3.01. The quantitative estimate of drug-likeness (QED) is 0.531. The SMILES string of the molecule is Cc1nc(C[C@@H]2O[C@H](COC(=O)c3ccccc3)[C@@H](O)[C@H]2O)n2nc(N3CCCCC3)ccc12. The number of aromatic nitrogens is 3. The molecule has 2 N–H and O–H groups in total.